The summed E-state index contributed by atoms with van der Waals surface area (Å²) in [6.07, 6.45) is 2.97. The van der Waals surface area contributed by atoms with Gasteiger partial charge in [0.25, 0.3) is 0 Å². The lowest BCUT2D eigenvalue weighted by atomic mass is 10.2. The number of hydrogen-bond acceptors (Lipinski definition) is 1. The highest BCUT2D eigenvalue weighted by molar-refractivity contribution is 5.91. The van der Waals surface area contributed by atoms with Crippen LogP contribution in [0.3, 0.4) is 0 Å². The summed E-state index contributed by atoms with van der Waals surface area (Å²) in [5.41, 5.74) is 1.55. The lowest BCUT2D eigenvalue weighted by molar-refractivity contribution is -0.116. The van der Waals surface area contributed by atoms with Crippen LogP contribution in [0.4, 0.5) is 8.78 Å². The predicted molar refractivity (Wildman–Crippen MR) is 73.7 cm³/mol. The zero-order chi connectivity index (χ0) is 14.4. The molecule has 0 aliphatic carbocycles. The van der Waals surface area contributed by atoms with Gasteiger partial charge in [0.05, 0.1) is 0 Å². The van der Waals surface area contributed by atoms with E-state index in [1.165, 1.54) is 30.3 Å². The van der Waals surface area contributed by atoms with Crippen LogP contribution in [0.2, 0.25) is 0 Å². The van der Waals surface area contributed by atoms with E-state index in [0.717, 1.165) is 11.1 Å². The van der Waals surface area contributed by atoms with Gasteiger partial charge in [0.15, 0.2) is 0 Å². The zero-order valence-corrected chi connectivity index (χ0v) is 10.6. The number of halogens is 2. The Bertz CT molecular complexity index is 603. The molecule has 0 aliphatic rings. The third-order valence-electron chi connectivity index (χ3n) is 2.68. The third kappa shape index (κ3) is 4.31. The molecule has 0 radical (unpaired) electrons. The van der Waals surface area contributed by atoms with E-state index in [4.69, 9.17) is 0 Å². The highest BCUT2D eigenvalue weighted by Gasteiger charge is 1.97. The number of rotatable bonds is 4. The van der Waals surface area contributed by atoms with Gasteiger partial charge in [-0.25, -0.2) is 8.78 Å². The summed E-state index contributed by atoms with van der Waals surface area (Å²) in [5, 5.41) is 2.68. The molecule has 2 aromatic rings. The van der Waals surface area contributed by atoms with Crippen LogP contribution in [0, 0.1) is 11.6 Å². The van der Waals surface area contributed by atoms with Crippen LogP contribution >= 0.6 is 0 Å². The molecule has 0 spiro atoms. The molecule has 0 unspecified atom stereocenters. The van der Waals surface area contributed by atoms with Gasteiger partial charge in [-0.3, -0.25) is 4.79 Å². The molecule has 0 aromatic heterocycles. The molecule has 4 heteroatoms. The maximum Gasteiger partial charge on any atom is 0.244 e. The third-order valence-corrected chi connectivity index (χ3v) is 2.68. The number of carbonyl (C=O) groups excluding carboxylic acids is 1. The van der Waals surface area contributed by atoms with E-state index >= 15 is 0 Å². The van der Waals surface area contributed by atoms with Crippen molar-refractivity contribution >= 4 is 12.0 Å². The van der Waals surface area contributed by atoms with Crippen molar-refractivity contribution < 1.29 is 13.6 Å². The van der Waals surface area contributed by atoms with E-state index < -0.39 is 0 Å². The van der Waals surface area contributed by atoms with E-state index in [9.17, 15) is 13.6 Å². The molecule has 2 aromatic carbocycles. The summed E-state index contributed by atoms with van der Waals surface area (Å²) in [4.78, 5) is 11.6. The first-order valence-electron chi connectivity index (χ1n) is 6.09. The zero-order valence-electron chi connectivity index (χ0n) is 10.6. The second-order valence-electron chi connectivity index (χ2n) is 4.23. The van der Waals surface area contributed by atoms with Crippen molar-refractivity contribution in [3.8, 4) is 0 Å². The molecule has 0 saturated carbocycles. The molecule has 0 saturated heterocycles. The maximum absolute atomic E-state index is 12.7. The summed E-state index contributed by atoms with van der Waals surface area (Å²) in [6, 6.07) is 11.7. The minimum Gasteiger partial charge on any atom is -0.348 e. The molecule has 1 N–H and O–H groups in total. The minimum atomic E-state index is -0.317. The Kier molecular flexibility index (Phi) is 4.60. The number of benzene rings is 2. The lowest BCUT2D eigenvalue weighted by Crippen LogP contribution is -2.20. The molecular formula is C16H13F2NO. The van der Waals surface area contributed by atoms with Gasteiger partial charge in [0.1, 0.15) is 11.6 Å². The van der Waals surface area contributed by atoms with Gasteiger partial charge in [-0.05, 0) is 41.5 Å². The average molecular weight is 273 g/mol. The molecule has 20 heavy (non-hydrogen) atoms. The predicted octanol–water partition coefficient (Wildman–Crippen LogP) is 3.29. The Morgan fingerprint density at radius 1 is 0.950 bits per heavy atom. The lowest BCUT2D eigenvalue weighted by Gasteiger charge is -2.02. The topological polar surface area (TPSA) is 29.1 Å². The van der Waals surface area contributed by atoms with E-state index in [-0.39, 0.29) is 17.5 Å². The Hall–Kier alpha value is -2.49. The standard InChI is InChI=1S/C16H13F2NO/c17-14-6-1-12(2-7-14)5-10-16(20)19-11-13-3-8-15(18)9-4-13/h1-10H,11H2,(H,19,20)/b10-5+. The van der Waals surface area contributed by atoms with Crippen molar-refractivity contribution in [1.82, 2.24) is 5.32 Å². The van der Waals surface area contributed by atoms with E-state index in [0.29, 0.717) is 6.54 Å². The van der Waals surface area contributed by atoms with Crippen molar-refractivity contribution in [2.75, 3.05) is 0 Å². The molecular weight excluding hydrogens is 260 g/mol. The molecule has 2 nitrogen and oxygen atoms in total. The van der Waals surface area contributed by atoms with Crippen LogP contribution < -0.4 is 5.32 Å². The smallest absolute Gasteiger partial charge is 0.244 e. The van der Waals surface area contributed by atoms with Crippen LogP contribution in [-0.4, -0.2) is 5.91 Å². The first-order chi connectivity index (χ1) is 9.63. The average Bonchev–Trinajstić information content (AvgIpc) is 2.46. The second-order valence-corrected chi connectivity index (χ2v) is 4.23. The first-order valence-corrected chi connectivity index (χ1v) is 6.09. The number of carbonyl (C=O) groups is 1. The van der Waals surface area contributed by atoms with E-state index in [2.05, 4.69) is 5.32 Å². The number of amides is 1. The molecule has 0 aliphatic heterocycles. The van der Waals surface area contributed by atoms with Crippen LogP contribution in [0.5, 0.6) is 0 Å². The SMILES string of the molecule is O=C(/C=C/c1ccc(F)cc1)NCc1ccc(F)cc1. The normalized spacial score (nSPS) is 10.7. The van der Waals surface area contributed by atoms with Crippen molar-refractivity contribution in [3.63, 3.8) is 0 Å². The van der Waals surface area contributed by atoms with Crippen molar-refractivity contribution in [3.05, 3.63) is 77.4 Å². The number of nitrogens with one attached hydrogen (secondary N) is 1. The van der Waals surface area contributed by atoms with Gasteiger partial charge in [0.2, 0.25) is 5.91 Å². The second kappa shape index (κ2) is 6.61. The first kappa shape index (κ1) is 13.9. The van der Waals surface area contributed by atoms with Gasteiger partial charge >= 0.3 is 0 Å². The van der Waals surface area contributed by atoms with Crippen LogP contribution in [0.25, 0.3) is 6.08 Å². The molecule has 0 atom stereocenters. The highest BCUT2D eigenvalue weighted by Crippen LogP contribution is 2.05. The molecule has 0 heterocycles. The van der Waals surface area contributed by atoms with Gasteiger partial charge < -0.3 is 5.32 Å². The Balaban J connectivity index is 1.86. The summed E-state index contributed by atoms with van der Waals surface area (Å²) >= 11 is 0. The molecule has 0 fully saturated rings. The summed E-state index contributed by atoms with van der Waals surface area (Å²) < 4.78 is 25.4. The fraction of sp³-hybridized carbons (Fsp3) is 0.0625. The Morgan fingerprint density at radius 2 is 1.50 bits per heavy atom. The molecule has 2 rings (SSSR count). The van der Waals surface area contributed by atoms with Gasteiger partial charge in [-0.2, -0.15) is 0 Å². The molecule has 1 amide bonds. The summed E-state index contributed by atoms with van der Waals surface area (Å²) in [7, 11) is 0. The van der Waals surface area contributed by atoms with Crippen LogP contribution in [-0.2, 0) is 11.3 Å². The van der Waals surface area contributed by atoms with Gasteiger partial charge in [0, 0.05) is 12.6 Å². The van der Waals surface area contributed by atoms with Gasteiger partial charge in [-0.1, -0.05) is 24.3 Å². The molecule has 102 valence electrons. The minimum absolute atomic E-state index is 0.265. The highest BCUT2D eigenvalue weighted by atomic mass is 19.1. The van der Waals surface area contributed by atoms with E-state index in [1.54, 1.807) is 30.3 Å². The fourth-order valence-electron chi connectivity index (χ4n) is 1.60. The van der Waals surface area contributed by atoms with Gasteiger partial charge in [-0.15, -0.1) is 0 Å². The largest absolute Gasteiger partial charge is 0.348 e. The van der Waals surface area contributed by atoms with Crippen molar-refractivity contribution in [1.29, 1.82) is 0 Å². The number of hydrogen-bond donors (Lipinski definition) is 1. The fourth-order valence-corrected chi connectivity index (χ4v) is 1.60. The van der Waals surface area contributed by atoms with Crippen LogP contribution in [0.1, 0.15) is 11.1 Å². The van der Waals surface area contributed by atoms with Crippen molar-refractivity contribution in [2.45, 2.75) is 6.54 Å². The van der Waals surface area contributed by atoms with Crippen LogP contribution in [0.15, 0.2) is 54.6 Å². The van der Waals surface area contributed by atoms with E-state index in [1.807, 2.05) is 0 Å². The maximum atomic E-state index is 12.7. The quantitative estimate of drug-likeness (QED) is 0.851. The summed E-state index contributed by atoms with van der Waals surface area (Å²) in [6.45, 7) is 0.326. The Labute approximate surface area is 115 Å². The monoisotopic (exact) mass is 273 g/mol. The molecule has 0 bridgehead atoms. The Morgan fingerprint density at radius 3 is 2.10 bits per heavy atom. The summed E-state index contributed by atoms with van der Waals surface area (Å²) in [5.74, 6) is -0.891. The van der Waals surface area contributed by atoms with Crippen molar-refractivity contribution in [2.24, 2.45) is 0 Å².